The summed E-state index contributed by atoms with van der Waals surface area (Å²) in [4.78, 5) is 1.97. The molecule has 0 saturated carbocycles. The van der Waals surface area contributed by atoms with Crippen molar-refractivity contribution in [3.8, 4) is 0 Å². The van der Waals surface area contributed by atoms with Gasteiger partial charge in [0.2, 0.25) is 0 Å². The van der Waals surface area contributed by atoms with E-state index in [1.807, 2.05) is 19.0 Å². The fourth-order valence-corrected chi connectivity index (χ4v) is 0. The van der Waals surface area contributed by atoms with Crippen LogP contribution in [0.5, 0.6) is 0 Å². The van der Waals surface area contributed by atoms with Gasteiger partial charge >= 0.3 is 54.0 Å². The Morgan fingerprint density at radius 1 is 1.67 bits per heavy atom. The molecule has 0 aliphatic carbocycles. The van der Waals surface area contributed by atoms with Crippen molar-refractivity contribution in [2.75, 3.05) is 14.1 Å². The summed E-state index contributed by atoms with van der Waals surface area (Å²) in [7, 11) is 3.95. The Labute approximate surface area is 54.3 Å². The van der Waals surface area contributed by atoms with E-state index in [9.17, 15) is 0 Å². The number of hydrogen-bond acceptors (Lipinski definition) is 1. The van der Waals surface area contributed by atoms with E-state index in [1.54, 1.807) is 0 Å². The van der Waals surface area contributed by atoms with Crippen LogP contribution in [-0.2, 0) is 0 Å². The molecule has 1 nitrogen and oxygen atoms in total. The van der Waals surface area contributed by atoms with Gasteiger partial charge in [-0.2, -0.15) is 0 Å². The first-order valence-corrected chi connectivity index (χ1v) is 3.24. The summed E-state index contributed by atoms with van der Waals surface area (Å²) < 4.78 is 1.09. The molecule has 0 aliphatic rings. The van der Waals surface area contributed by atoms with Gasteiger partial charge in [0, 0.05) is 0 Å². The number of nitrogens with zero attached hydrogens (tertiary/aromatic N) is 1. The molecular formula is C3H6NSe2-. The first-order chi connectivity index (χ1) is 2.64. The van der Waals surface area contributed by atoms with Crippen molar-refractivity contribution in [3.05, 3.63) is 0 Å². The maximum absolute atomic E-state index is 2.83. The van der Waals surface area contributed by atoms with Crippen LogP contribution in [0, 0.1) is 0 Å². The van der Waals surface area contributed by atoms with Gasteiger partial charge in [-0.25, -0.2) is 0 Å². The standard InChI is InChI=1S/C3H7NSe2/c1-4(2)3(5)6/h1-2H3,(H,5,6)/p-1. The van der Waals surface area contributed by atoms with E-state index in [1.165, 1.54) is 0 Å². The fourth-order valence-electron chi connectivity index (χ4n) is 0. The zero-order valence-corrected chi connectivity index (χ0v) is 7.19. The van der Waals surface area contributed by atoms with Crippen LogP contribution in [0.4, 0.5) is 0 Å². The monoisotopic (exact) mass is 216 g/mol. The molecule has 0 aromatic carbocycles. The zero-order valence-electron chi connectivity index (χ0n) is 3.76. The molecule has 0 radical (unpaired) electrons. The van der Waals surface area contributed by atoms with E-state index in [0.29, 0.717) is 0 Å². The Kier molecular flexibility index (Phi) is 3.14. The van der Waals surface area contributed by atoms with E-state index >= 15 is 0 Å². The predicted molar refractivity (Wildman–Crippen MR) is 30.2 cm³/mol. The molecule has 0 saturated heterocycles. The van der Waals surface area contributed by atoms with Gasteiger partial charge in [-0.3, -0.25) is 0 Å². The average molecular weight is 214 g/mol. The number of hydrogen-bond donors (Lipinski definition) is 0. The molecule has 0 N–H and O–H groups in total. The maximum atomic E-state index is 2.83. The first kappa shape index (κ1) is 6.71. The molecule has 0 fully saturated rings. The molecule has 3 heteroatoms. The average Bonchev–Trinajstić information content (AvgIpc) is 1.36. The molecule has 0 bridgehead atoms. The van der Waals surface area contributed by atoms with Crippen LogP contribution >= 0.6 is 0 Å². The van der Waals surface area contributed by atoms with Gasteiger partial charge in [0.15, 0.2) is 0 Å². The van der Waals surface area contributed by atoms with E-state index in [2.05, 4.69) is 31.6 Å². The van der Waals surface area contributed by atoms with Gasteiger partial charge in [-0.15, -0.1) is 0 Å². The molecule has 0 atom stereocenters. The second-order valence-electron chi connectivity index (χ2n) is 1.16. The van der Waals surface area contributed by atoms with Gasteiger partial charge in [-0.05, 0) is 0 Å². The van der Waals surface area contributed by atoms with Crippen LogP contribution < -0.4 is 0 Å². The fraction of sp³-hybridized carbons (Fsp3) is 0.667. The molecule has 36 valence electrons. The van der Waals surface area contributed by atoms with Crippen LogP contribution in [0.2, 0.25) is 0 Å². The SMILES string of the molecule is CN(C)C(=[Se])[Se-]. The van der Waals surface area contributed by atoms with E-state index in [4.69, 9.17) is 0 Å². The van der Waals surface area contributed by atoms with Crippen LogP contribution in [0.1, 0.15) is 0 Å². The van der Waals surface area contributed by atoms with Crippen molar-refractivity contribution in [2.45, 2.75) is 0 Å². The Morgan fingerprint density at radius 3 is 1.83 bits per heavy atom. The summed E-state index contributed by atoms with van der Waals surface area (Å²) in [6.45, 7) is 0. The molecule has 0 aromatic heterocycles. The molecule has 0 aliphatic heterocycles. The van der Waals surface area contributed by atoms with Crippen molar-refractivity contribution in [1.82, 2.24) is 4.90 Å². The Morgan fingerprint density at radius 2 is 1.83 bits per heavy atom. The number of rotatable bonds is 1. The quantitative estimate of drug-likeness (QED) is 0.504. The normalized spacial score (nSPS) is 7.67. The third-order valence-corrected chi connectivity index (χ3v) is 1.90. The van der Waals surface area contributed by atoms with E-state index < -0.39 is 0 Å². The molecular weight excluding hydrogens is 208 g/mol. The van der Waals surface area contributed by atoms with Crippen molar-refractivity contribution < 1.29 is 0 Å². The topological polar surface area (TPSA) is 3.24 Å². The molecule has 0 unspecified atom stereocenters. The minimum absolute atomic E-state index is 1.09. The van der Waals surface area contributed by atoms with Crippen molar-refractivity contribution in [2.24, 2.45) is 0 Å². The van der Waals surface area contributed by atoms with E-state index in [-0.39, 0.29) is 0 Å². The van der Waals surface area contributed by atoms with Gasteiger partial charge in [0.05, 0.1) is 0 Å². The molecule has 0 heterocycles. The van der Waals surface area contributed by atoms with Crippen LogP contribution in [0.3, 0.4) is 0 Å². The van der Waals surface area contributed by atoms with Crippen LogP contribution in [-0.4, -0.2) is 54.0 Å². The summed E-state index contributed by atoms with van der Waals surface area (Å²) in [5.41, 5.74) is 0. The summed E-state index contributed by atoms with van der Waals surface area (Å²) in [6, 6.07) is 0. The molecule has 0 aromatic rings. The summed E-state index contributed by atoms with van der Waals surface area (Å²) in [5, 5.41) is 0. The molecule has 0 rings (SSSR count). The van der Waals surface area contributed by atoms with Gasteiger partial charge < -0.3 is 0 Å². The summed E-state index contributed by atoms with van der Waals surface area (Å²) >= 11 is 5.65. The summed E-state index contributed by atoms with van der Waals surface area (Å²) in [5.74, 6) is 0. The van der Waals surface area contributed by atoms with Crippen LogP contribution in [0.15, 0.2) is 0 Å². The molecule has 0 spiro atoms. The van der Waals surface area contributed by atoms with Crippen LogP contribution in [0.25, 0.3) is 0 Å². The predicted octanol–water partition coefficient (Wildman–Crippen LogP) is -1.03. The minimum atomic E-state index is 1.09. The zero-order chi connectivity index (χ0) is 5.15. The second-order valence-corrected chi connectivity index (χ2v) is 4.09. The Hall–Kier alpha value is 0.709. The Bertz CT molecular complexity index is 59.8. The van der Waals surface area contributed by atoms with E-state index in [0.717, 1.165) is 3.44 Å². The van der Waals surface area contributed by atoms with Gasteiger partial charge in [0.1, 0.15) is 0 Å². The first-order valence-electron chi connectivity index (χ1n) is 1.53. The van der Waals surface area contributed by atoms with Crippen molar-refractivity contribution in [3.63, 3.8) is 0 Å². The van der Waals surface area contributed by atoms with Crippen molar-refractivity contribution >= 4 is 35.0 Å². The molecule has 0 amide bonds. The van der Waals surface area contributed by atoms with Gasteiger partial charge in [-0.1, -0.05) is 0 Å². The Balaban J connectivity index is 3.26. The van der Waals surface area contributed by atoms with Crippen molar-refractivity contribution in [1.29, 1.82) is 0 Å². The molecule has 6 heavy (non-hydrogen) atoms. The van der Waals surface area contributed by atoms with Gasteiger partial charge in [0.25, 0.3) is 0 Å². The third-order valence-electron chi connectivity index (χ3n) is 0.365. The third kappa shape index (κ3) is 2.92. The second kappa shape index (κ2) is 2.81. The summed E-state index contributed by atoms with van der Waals surface area (Å²) in [6.07, 6.45) is 0.